The van der Waals surface area contributed by atoms with E-state index in [4.69, 9.17) is 0 Å². The number of phenols is 1. The molecule has 2 N–H and O–H groups in total. The van der Waals surface area contributed by atoms with Gasteiger partial charge < -0.3 is 5.11 Å². The number of phenolic OH excluding ortho intramolecular Hbond substituents is 1. The van der Waals surface area contributed by atoms with Gasteiger partial charge in [0.1, 0.15) is 11.6 Å². The summed E-state index contributed by atoms with van der Waals surface area (Å²) in [7, 11) is 0. The standard InChI is InChI=1S/C15H13FN2O2/c1-10(11-4-8-14(19)9-5-11)17-18-15(20)12-2-6-13(16)7-3-12/h2-9,19H,1H3,(H,18,20)/b17-10-. The summed E-state index contributed by atoms with van der Waals surface area (Å²) in [6.45, 7) is 1.73. The third-order valence-corrected chi connectivity index (χ3v) is 2.72. The molecule has 0 spiro atoms. The first kappa shape index (κ1) is 13.7. The van der Waals surface area contributed by atoms with Gasteiger partial charge in [0.05, 0.1) is 5.71 Å². The quantitative estimate of drug-likeness (QED) is 0.666. The van der Waals surface area contributed by atoms with Crippen molar-refractivity contribution in [2.75, 3.05) is 0 Å². The molecule has 0 bridgehead atoms. The van der Waals surface area contributed by atoms with Gasteiger partial charge in [0.2, 0.25) is 0 Å². The van der Waals surface area contributed by atoms with Gasteiger partial charge in [-0.2, -0.15) is 5.10 Å². The second kappa shape index (κ2) is 5.97. The number of hydrogen-bond acceptors (Lipinski definition) is 3. The summed E-state index contributed by atoms with van der Waals surface area (Å²) in [5.74, 6) is -0.648. The zero-order valence-electron chi connectivity index (χ0n) is 10.8. The molecule has 0 saturated carbocycles. The van der Waals surface area contributed by atoms with Gasteiger partial charge in [-0.25, -0.2) is 9.82 Å². The lowest BCUT2D eigenvalue weighted by molar-refractivity contribution is 0.0955. The highest BCUT2D eigenvalue weighted by Crippen LogP contribution is 2.10. The maximum Gasteiger partial charge on any atom is 0.271 e. The Balaban J connectivity index is 2.06. The summed E-state index contributed by atoms with van der Waals surface area (Å²) < 4.78 is 12.7. The summed E-state index contributed by atoms with van der Waals surface area (Å²) in [4.78, 5) is 11.8. The molecule has 0 unspecified atom stereocenters. The maximum atomic E-state index is 12.7. The van der Waals surface area contributed by atoms with Crippen LogP contribution in [0.3, 0.4) is 0 Å². The number of nitrogens with zero attached hydrogens (tertiary/aromatic N) is 1. The molecule has 0 aromatic heterocycles. The lowest BCUT2D eigenvalue weighted by Gasteiger charge is -2.03. The maximum absolute atomic E-state index is 12.7. The number of nitrogens with one attached hydrogen (secondary N) is 1. The minimum Gasteiger partial charge on any atom is -0.508 e. The summed E-state index contributed by atoms with van der Waals surface area (Å²) in [5.41, 5.74) is 4.10. The van der Waals surface area contributed by atoms with E-state index < -0.39 is 11.7 Å². The second-order valence-corrected chi connectivity index (χ2v) is 4.19. The van der Waals surface area contributed by atoms with Crippen molar-refractivity contribution in [2.24, 2.45) is 5.10 Å². The first-order chi connectivity index (χ1) is 9.56. The minimum atomic E-state index is -0.414. The van der Waals surface area contributed by atoms with Crippen molar-refractivity contribution >= 4 is 11.6 Å². The van der Waals surface area contributed by atoms with E-state index in [1.807, 2.05) is 0 Å². The van der Waals surface area contributed by atoms with Crippen molar-refractivity contribution in [2.45, 2.75) is 6.92 Å². The van der Waals surface area contributed by atoms with E-state index in [0.29, 0.717) is 11.3 Å². The van der Waals surface area contributed by atoms with Crippen molar-refractivity contribution in [1.82, 2.24) is 5.43 Å². The van der Waals surface area contributed by atoms with E-state index in [0.717, 1.165) is 5.56 Å². The first-order valence-corrected chi connectivity index (χ1v) is 5.96. The molecule has 0 aliphatic heterocycles. The Morgan fingerprint density at radius 2 is 1.60 bits per heavy atom. The van der Waals surface area contributed by atoms with E-state index in [1.54, 1.807) is 19.1 Å². The van der Waals surface area contributed by atoms with Crippen LogP contribution < -0.4 is 5.43 Å². The number of amides is 1. The normalized spacial score (nSPS) is 11.2. The molecule has 5 heteroatoms. The van der Waals surface area contributed by atoms with Crippen molar-refractivity contribution < 1.29 is 14.3 Å². The van der Waals surface area contributed by atoms with E-state index in [9.17, 15) is 14.3 Å². The van der Waals surface area contributed by atoms with Crippen LogP contribution in [-0.2, 0) is 0 Å². The zero-order chi connectivity index (χ0) is 14.5. The number of carbonyl (C=O) groups excluding carboxylic acids is 1. The number of benzene rings is 2. The average molecular weight is 272 g/mol. The van der Waals surface area contributed by atoms with Crippen LogP contribution in [0.2, 0.25) is 0 Å². The predicted molar refractivity (Wildman–Crippen MR) is 74.2 cm³/mol. The Kier molecular flexibility index (Phi) is 4.10. The molecule has 0 aliphatic carbocycles. The van der Waals surface area contributed by atoms with Crippen molar-refractivity contribution in [1.29, 1.82) is 0 Å². The van der Waals surface area contributed by atoms with Gasteiger partial charge in [0.25, 0.3) is 5.91 Å². The first-order valence-electron chi connectivity index (χ1n) is 5.96. The monoisotopic (exact) mass is 272 g/mol. The molecule has 2 rings (SSSR count). The van der Waals surface area contributed by atoms with Crippen LogP contribution in [0.5, 0.6) is 5.75 Å². The molecular formula is C15H13FN2O2. The van der Waals surface area contributed by atoms with Crippen molar-refractivity contribution in [3.8, 4) is 5.75 Å². The van der Waals surface area contributed by atoms with Gasteiger partial charge in [-0.05, 0) is 61.0 Å². The number of halogens is 1. The molecule has 2 aromatic rings. The molecule has 0 fully saturated rings. The fourth-order valence-corrected chi connectivity index (χ4v) is 1.57. The fraction of sp³-hybridized carbons (Fsp3) is 0.0667. The SMILES string of the molecule is C/C(=N/NC(=O)c1ccc(F)cc1)c1ccc(O)cc1. The van der Waals surface area contributed by atoms with Crippen molar-refractivity contribution in [3.63, 3.8) is 0 Å². The molecule has 0 aliphatic rings. The third kappa shape index (κ3) is 3.41. The molecular weight excluding hydrogens is 259 g/mol. The predicted octanol–water partition coefficient (Wildman–Crippen LogP) is 2.69. The van der Waals surface area contributed by atoms with Gasteiger partial charge in [0.15, 0.2) is 0 Å². The van der Waals surface area contributed by atoms with Crippen LogP contribution in [0, 0.1) is 5.82 Å². The molecule has 102 valence electrons. The minimum absolute atomic E-state index is 0.164. The number of rotatable bonds is 3. The van der Waals surface area contributed by atoms with Crippen LogP contribution in [0.25, 0.3) is 0 Å². The smallest absolute Gasteiger partial charge is 0.271 e. The molecule has 20 heavy (non-hydrogen) atoms. The highest BCUT2D eigenvalue weighted by molar-refractivity contribution is 6.00. The Morgan fingerprint density at radius 3 is 2.20 bits per heavy atom. The molecule has 2 aromatic carbocycles. The van der Waals surface area contributed by atoms with Gasteiger partial charge in [0, 0.05) is 5.56 Å². The zero-order valence-corrected chi connectivity index (χ0v) is 10.8. The van der Waals surface area contributed by atoms with Gasteiger partial charge in [-0.15, -0.1) is 0 Å². The van der Waals surface area contributed by atoms with E-state index >= 15 is 0 Å². The summed E-state index contributed by atoms with van der Waals surface area (Å²) in [6.07, 6.45) is 0. The molecule has 0 radical (unpaired) electrons. The number of hydrogen-bond donors (Lipinski definition) is 2. The number of aromatic hydroxyl groups is 1. The molecule has 0 saturated heterocycles. The van der Waals surface area contributed by atoms with E-state index in [-0.39, 0.29) is 5.75 Å². The molecule has 0 atom stereocenters. The third-order valence-electron chi connectivity index (χ3n) is 2.72. The van der Waals surface area contributed by atoms with Crippen LogP contribution in [0.15, 0.2) is 53.6 Å². The lowest BCUT2D eigenvalue weighted by Crippen LogP contribution is -2.19. The van der Waals surface area contributed by atoms with Crippen LogP contribution in [-0.4, -0.2) is 16.7 Å². The largest absolute Gasteiger partial charge is 0.508 e. The number of hydrazone groups is 1. The average Bonchev–Trinajstić information content (AvgIpc) is 2.46. The fourth-order valence-electron chi connectivity index (χ4n) is 1.57. The lowest BCUT2D eigenvalue weighted by atomic mass is 10.1. The molecule has 0 heterocycles. The van der Waals surface area contributed by atoms with Gasteiger partial charge in [-0.1, -0.05) is 0 Å². The Bertz CT molecular complexity index is 634. The van der Waals surface area contributed by atoms with Crippen LogP contribution in [0.4, 0.5) is 4.39 Å². The van der Waals surface area contributed by atoms with Crippen molar-refractivity contribution in [3.05, 3.63) is 65.5 Å². The van der Waals surface area contributed by atoms with Gasteiger partial charge in [-0.3, -0.25) is 4.79 Å². The van der Waals surface area contributed by atoms with E-state index in [1.165, 1.54) is 36.4 Å². The topological polar surface area (TPSA) is 61.7 Å². The molecule has 4 nitrogen and oxygen atoms in total. The Labute approximate surface area is 115 Å². The summed E-state index contributed by atoms with van der Waals surface area (Å²) in [6, 6.07) is 11.7. The highest BCUT2D eigenvalue weighted by Gasteiger charge is 2.05. The van der Waals surface area contributed by atoms with Gasteiger partial charge >= 0.3 is 0 Å². The Hall–Kier alpha value is -2.69. The van der Waals surface area contributed by atoms with E-state index in [2.05, 4.69) is 10.5 Å². The number of carbonyl (C=O) groups is 1. The summed E-state index contributed by atoms with van der Waals surface area (Å²) in [5, 5.41) is 13.2. The second-order valence-electron chi connectivity index (χ2n) is 4.19. The Morgan fingerprint density at radius 1 is 1.05 bits per heavy atom. The van der Waals surface area contributed by atoms with Crippen LogP contribution >= 0.6 is 0 Å². The highest BCUT2D eigenvalue weighted by atomic mass is 19.1. The van der Waals surface area contributed by atoms with Crippen LogP contribution in [0.1, 0.15) is 22.8 Å². The summed E-state index contributed by atoms with van der Waals surface area (Å²) >= 11 is 0. The molecule has 1 amide bonds.